The van der Waals surface area contributed by atoms with Gasteiger partial charge in [0.15, 0.2) is 11.4 Å². The number of Topliss-reactive ketones (excluding diaryl/α,β-unsaturated/α-hetero) is 2. The second-order valence-corrected chi connectivity index (χ2v) is 14.4. The molecule has 0 heterocycles. The number of aromatic hydroxyl groups is 1. The van der Waals surface area contributed by atoms with Crippen molar-refractivity contribution in [2.24, 2.45) is 23.5 Å². The van der Waals surface area contributed by atoms with E-state index in [4.69, 9.17) is 5.73 Å². The molecule has 3 aliphatic carbocycles. The zero-order valence-electron chi connectivity index (χ0n) is 24.9. The Morgan fingerprint density at radius 3 is 2.37 bits per heavy atom. The van der Waals surface area contributed by atoms with Crippen LogP contribution in [0.2, 0.25) is 0 Å². The molecule has 1 amide bonds. The molecular formula is C29H38N4O9S. The van der Waals surface area contributed by atoms with Gasteiger partial charge in [0.05, 0.1) is 29.0 Å². The molecule has 0 bridgehead atoms. The molecule has 0 aliphatic heterocycles. The summed E-state index contributed by atoms with van der Waals surface area (Å²) in [4.78, 5) is 43.0. The largest absolute Gasteiger partial charge is 0.507 e. The van der Waals surface area contributed by atoms with Crippen molar-refractivity contribution >= 4 is 38.9 Å². The molecule has 0 radical (unpaired) electrons. The fourth-order valence-electron chi connectivity index (χ4n) is 6.59. The van der Waals surface area contributed by atoms with E-state index in [9.17, 15) is 43.2 Å². The standard InChI is InChI=1S/C29H38N4O9S/c1-13(2)43(41,42)31-9-7-8-14-12-18(32(3)4)16-10-15-11-17-22(33(5)6)25(36)21(28(30)39)27(38)29(17,40)26(37)19(15)24(35)20(16)23(14)34/h12-13,15,17,21-22,25,31,34-36,40H,9-11H2,1-6H3,(H2,30,39)/t15-,17-,21?,22-,25?,29-/m1/s1. The number of hydrogen-bond acceptors (Lipinski definition) is 11. The molecule has 4 rings (SSSR count). The fourth-order valence-corrected chi connectivity index (χ4v) is 7.20. The number of primary amides is 1. The van der Waals surface area contributed by atoms with E-state index in [1.165, 1.54) is 18.7 Å². The minimum absolute atomic E-state index is 0.00336. The lowest BCUT2D eigenvalue weighted by atomic mass is 9.54. The van der Waals surface area contributed by atoms with Crippen molar-refractivity contribution in [2.45, 2.75) is 49.7 Å². The predicted octanol–water partition coefficient (Wildman–Crippen LogP) is -1.13. The number of phenolic OH excluding ortho intramolecular Hbond substituents is 1. The first kappa shape index (κ1) is 32.4. The molecule has 3 aliphatic rings. The maximum atomic E-state index is 14.0. The van der Waals surface area contributed by atoms with Crippen LogP contribution in [0.3, 0.4) is 0 Å². The summed E-state index contributed by atoms with van der Waals surface area (Å²) in [5.74, 6) is -2.93. The summed E-state index contributed by atoms with van der Waals surface area (Å²) in [6.07, 6.45) is -1.43. The average Bonchev–Trinajstić information content (AvgIpc) is 2.89. The minimum atomic E-state index is -3.58. The van der Waals surface area contributed by atoms with Gasteiger partial charge in [0, 0.05) is 37.3 Å². The normalized spacial score (nSPS) is 28.7. The van der Waals surface area contributed by atoms with Crippen LogP contribution in [-0.2, 0) is 30.8 Å². The summed E-state index contributed by atoms with van der Waals surface area (Å²) < 4.78 is 26.4. The quantitative estimate of drug-likeness (QED) is 0.166. The number of anilines is 1. The summed E-state index contributed by atoms with van der Waals surface area (Å²) in [7, 11) is 3.08. The van der Waals surface area contributed by atoms with E-state index in [1.54, 1.807) is 39.2 Å². The number of carbonyl (C=O) groups excluding carboxylic acids is 3. The van der Waals surface area contributed by atoms with Gasteiger partial charge in [-0.05, 0) is 58.3 Å². The Morgan fingerprint density at radius 1 is 1.21 bits per heavy atom. The SMILES string of the molecule is CC(C)S(=O)(=O)NCC#Cc1cc(N(C)C)c2c(c1O)C(O)=C1C(=O)[C@@]3(O)C(=O)C(C(N)=O)C(O)[C@H](N(C)C)[C@H]3C[C@H]1C2. The van der Waals surface area contributed by atoms with Gasteiger partial charge in [-0.1, -0.05) is 11.8 Å². The third-order valence-electron chi connectivity index (χ3n) is 8.75. The number of ketones is 2. The molecule has 43 heavy (non-hydrogen) atoms. The molecule has 0 aromatic heterocycles. The summed E-state index contributed by atoms with van der Waals surface area (Å²) in [6.45, 7) is 2.79. The van der Waals surface area contributed by atoms with Crippen molar-refractivity contribution in [3.05, 3.63) is 28.3 Å². The van der Waals surface area contributed by atoms with Crippen LogP contribution in [0.1, 0.15) is 37.0 Å². The highest BCUT2D eigenvalue weighted by molar-refractivity contribution is 7.90. The number of nitrogens with two attached hydrogens (primary N) is 1. The van der Waals surface area contributed by atoms with Gasteiger partial charge in [0.1, 0.15) is 17.4 Å². The molecule has 2 unspecified atom stereocenters. The molecule has 6 atom stereocenters. The Hall–Kier alpha value is -3.48. The lowest BCUT2D eigenvalue weighted by Crippen LogP contribution is -2.73. The Labute approximate surface area is 250 Å². The van der Waals surface area contributed by atoms with Crippen molar-refractivity contribution in [2.75, 3.05) is 39.6 Å². The Balaban J connectivity index is 1.86. The van der Waals surface area contributed by atoms with Crippen molar-refractivity contribution in [3.63, 3.8) is 0 Å². The number of nitrogens with zero attached hydrogens (tertiary/aromatic N) is 2. The Kier molecular flexibility index (Phi) is 8.46. The maximum absolute atomic E-state index is 14.0. The topological polar surface area (TPSA) is 211 Å². The molecule has 7 N–H and O–H groups in total. The first-order valence-corrected chi connectivity index (χ1v) is 15.3. The zero-order valence-corrected chi connectivity index (χ0v) is 25.7. The highest BCUT2D eigenvalue weighted by atomic mass is 32.2. The summed E-state index contributed by atoms with van der Waals surface area (Å²) in [5.41, 5.74) is 3.41. The predicted molar refractivity (Wildman–Crippen MR) is 157 cm³/mol. The van der Waals surface area contributed by atoms with E-state index in [-0.39, 0.29) is 36.1 Å². The molecule has 1 aromatic rings. The maximum Gasteiger partial charge on any atom is 0.230 e. The third-order valence-corrected chi connectivity index (χ3v) is 10.5. The lowest BCUT2D eigenvalue weighted by Gasteiger charge is -2.53. The van der Waals surface area contributed by atoms with Gasteiger partial charge < -0.3 is 36.0 Å². The smallest absolute Gasteiger partial charge is 0.230 e. The third kappa shape index (κ3) is 5.08. The number of rotatable bonds is 6. The average molecular weight is 619 g/mol. The van der Waals surface area contributed by atoms with Gasteiger partial charge >= 0.3 is 0 Å². The highest BCUT2D eigenvalue weighted by Gasteiger charge is 2.67. The van der Waals surface area contributed by atoms with Crippen molar-refractivity contribution in [1.82, 2.24) is 9.62 Å². The number of likely N-dealkylation sites (N-methyl/N-ethyl adjacent to an activating group) is 1. The van der Waals surface area contributed by atoms with Crippen LogP contribution in [0.4, 0.5) is 5.69 Å². The monoisotopic (exact) mass is 618 g/mol. The number of phenols is 1. The number of nitrogens with one attached hydrogen (secondary N) is 1. The number of sulfonamides is 1. The number of carbonyl (C=O) groups is 3. The number of fused-ring (bicyclic) bond motifs is 3. The van der Waals surface area contributed by atoms with Crippen LogP contribution in [0.5, 0.6) is 5.75 Å². The van der Waals surface area contributed by atoms with Crippen LogP contribution < -0.4 is 15.4 Å². The zero-order chi connectivity index (χ0) is 32.3. The fraction of sp³-hybridized carbons (Fsp3) is 0.552. The second kappa shape index (κ2) is 11.2. The lowest BCUT2D eigenvalue weighted by molar-refractivity contribution is -0.184. The van der Waals surface area contributed by atoms with E-state index in [0.29, 0.717) is 11.3 Å². The number of amides is 1. The minimum Gasteiger partial charge on any atom is -0.507 e. The van der Waals surface area contributed by atoms with Crippen LogP contribution >= 0.6 is 0 Å². The summed E-state index contributed by atoms with van der Waals surface area (Å²) >= 11 is 0. The number of hydrogen-bond donors (Lipinski definition) is 6. The van der Waals surface area contributed by atoms with Gasteiger partial charge in [-0.25, -0.2) is 13.1 Å². The molecule has 0 saturated heterocycles. The number of aliphatic hydroxyl groups is 3. The second-order valence-electron chi connectivity index (χ2n) is 12.0. The molecular weight excluding hydrogens is 580 g/mol. The van der Waals surface area contributed by atoms with E-state index in [0.717, 1.165) is 0 Å². The summed E-state index contributed by atoms with van der Waals surface area (Å²) in [6, 6.07) is 0.604. The van der Waals surface area contributed by atoms with E-state index >= 15 is 0 Å². The van der Waals surface area contributed by atoms with Crippen LogP contribution in [0.25, 0.3) is 5.76 Å². The van der Waals surface area contributed by atoms with Gasteiger partial charge in [0.2, 0.25) is 21.7 Å². The van der Waals surface area contributed by atoms with Gasteiger partial charge in [-0.15, -0.1) is 0 Å². The van der Waals surface area contributed by atoms with Crippen LogP contribution in [0.15, 0.2) is 11.6 Å². The van der Waals surface area contributed by atoms with E-state index in [1.807, 2.05) is 0 Å². The van der Waals surface area contributed by atoms with Crippen molar-refractivity contribution < 1.29 is 43.2 Å². The van der Waals surface area contributed by atoms with Gasteiger partial charge in [-0.2, -0.15) is 0 Å². The number of benzene rings is 1. The van der Waals surface area contributed by atoms with E-state index < -0.39 is 79.8 Å². The van der Waals surface area contributed by atoms with Crippen molar-refractivity contribution in [3.8, 4) is 17.6 Å². The Bertz CT molecular complexity index is 1590. The van der Waals surface area contributed by atoms with Gasteiger partial charge in [0.25, 0.3) is 0 Å². The number of aliphatic hydroxyl groups excluding tert-OH is 2. The molecule has 13 nitrogen and oxygen atoms in total. The molecule has 234 valence electrons. The van der Waals surface area contributed by atoms with Gasteiger partial charge in [-0.3, -0.25) is 14.4 Å². The molecule has 0 spiro atoms. The molecule has 1 aromatic carbocycles. The van der Waals surface area contributed by atoms with E-state index in [2.05, 4.69) is 16.6 Å². The Morgan fingerprint density at radius 2 is 1.84 bits per heavy atom. The first-order valence-electron chi connectivity index (χ1n) is 13.8. The van der Waals surface area contributed by atoms with Crippen LogP contribution in [0, 0.1) is 29.6 Å². The molecule has 2 fully saturated rings. The molecule has 14 heteroatoms. The molecule has 2 saturated carbocycles. The van der Waals surface area contributed by atoms with Crippen LogP contribution in [-0.4, -0.2) is 109 Å². The highest BCUT2D eigenvalue weighted by Crippen LogP contribution is 2.53. The first-order chi connectivity index (χ1) is 19.9. The summed E-state index contributed by atoms with van der Waals surface area (Å²) in [5, 5.41) is 44.9. The van der Waals surface area contributed by atoms with Crippen molar-refractivity contribution in [1.29, 1.82) is 0 Å².